The van der Waals surface area contributed by atoms with Crippen molar-refractivity contribution in [2.24, 2.45) is 5.92 Å². The summed E-state index contributed by atoms with van der Waals surface area (Å²) >= 11 is 0. The Bertz CT molecular complexity index is 661. The van der Waals surface area contributed by atoms with Crippen molar-refractivity contribution >= 4 is 11.8 Å². The summed E-state index contributed by atoms with van der Waals surface area (Å²) in [6.07, 6.45) is 8.77. The first kappa shape index (κ1) is 18.3. The lowest BCUT2D eigenvalue weighted by atomic mass is 10.1. The molecule has 1 aromatic carbocycles. The summed E-state index contributed by atoms with van der Waals surface area (Å²) in [5.74, 6) is 1.46. The number of hydrogen-bond donors (Lipinski definition) is 0. The van der Waals surface area contributed by atoms with E-state index in [9.17, 15) is 9.59 Å². The predicted molar refractivity (Wildman–Crippen MR) is 104 cm³/mol. The molecule has 0 aromatic heterocycles. The van der Waals surface area contributed by atoms with Crippen molar-refractivity contribution in [3.05, 3.63) is 29.8 Å². The first-order valence-electron chi connectivity index (χ1n) is 10.5. The third-order valence-electron chi connectivity index (χ3n) is 6.30. The Balaban J connectivity index is 1.31. The molecule has 0 bridgehead atoms. The summed E-state index contributed by atoms with van der Waals surface area (Å²) in [6, 6.07) is 7.64. The molecule has 2 aliphatic heterocycles. The van der Waals surface area contributed by atoms with Crippen LogP contribution >= 0.6 is 0 Å². The third kappa shape index (κ3) is 4.12. The molecule has 3 fully saturated rings. The normalized spacial score (nSPS) is 23.2. The first-order chi connectivity index (χ1) is 13.2. The Morgan fingerprint density at radius 1 is 0.889 bits per heavy atom. The summed E-state index contributed by atoms with van der Waals surface area (Å²) < 4.78 is 5.97. The highest BCUT2D eigenvalue weighted by Crippen LogP contribution is 2.30. The van der Waals surface area contributed by atoms with Crippen molar-refractivity contribution in [1.82, 2.24) is 9.80 Å². The van der Waals surface area contributed by atoms with Crippen molar-refractivity contribution in [2.75, 3.05) is 26.2 Å². The molecule has 0 radical (unpaired) electrons. The number of nitrogens with zero attached hydrogens (tertiary/aromatic N) is 2. The molecule has 2 amide bonds. The summed E-state index contributed by atoms with van der Waals surface area (Å²) in [5, 5.41) is 0. The van der Waals surface area contributed by atoms with E-state index in [2.05, 4.69) is 4.90 Å². The van der Waals surface area contributed by atoms with E-state index in [4.69, 9.17) is 4.74 Å². The van der Waals surface area contributed by atoms with Crippen molar-refractivity contribution in [1.29, 1.82) is 0 Å². The van der Waals surface area contributed by atoms with Gasteiger partial charge in [0.2, 0.25) is 5.91 Å². The molecule has 2 saturated heterocycles. The number of likely N-dealkylation sites (tertiary alicyclic amines) is 2. The van der Waals surface area contributed by atoms with Gasteiger partial charge < -0.3 is 14.5 Å². The summed E-state index contributed by atoms with van der Waals surface area (Å²) in [7, 11) is 0. The second-order valence-corrected chi connectivity index (χ2v) is 8.14. The predicted octanol–water partition coefficient (Wildman–Crippen LogP) is 3.48. The molecule has 27 heavy (non-hydrogen) atoms. The van der Waals surface area contributed by atoms with E-state index in [0.29, 0.717) is 12.5 Å². The number of ether oxygens (including phenoxy) is 1. The van der Waals surface area contributed by atoms with Gasteiger partial charge in [-0.2, -0.15) is 0 Å². The van der Waals surface area contributed by atoms with Crippen LogP contribution in [0.5, 0.6) is 5.75 Å². The average Bonchev–Trinajstić information content (AvgIpc) is 3.48. The van der Waals surface area contributed by atoms with Gasteiger partial charge in [0.1, 0.15) is 12.4 Å². The molecular weight excluding hydrogens is 340 g/mol. The highest BCUT2D eigenvalue weighted by molar-refractivity contribution is 5.94. The van der Waals surface area contributed by atoms with Crippen molar-refractivity contribution < 1.29 is 14.3 Å². The van der Waals surface area contributed by atoms with Crippen molar-refractivity contribution in [3.8, 4) is 5.75 Å². The van der Waals surface area contributed by atoms with E-state index in [0.717, 1.165) is 69.5 Å². The van der Waals surface area contributed by atoms with Crippen LogP contribution in [-0.4, -0.2) is 53.9 Å². The first-order valence-corrected chi connectivity index (χ1v) is 10.5. The molecule has 0 unspecified atom stereocenters. The standard InChI is InChI=1S/C22H30N2O3/c25-21(23-13-3-4-14-23)18-9-11-20(12-10-18)27-16-19-8-5-15-24(19)22(26)17-6-1-2-7-17/h9-12,17,19H,1-8,13-16H2/t19-/m1/s1. The van der Waals surface area contributed by atoms with Gasteiger partial charge in [0, 0.05) is 31.1 Å². The smallest absolute Gasteiger partial charge is 0.253 e. The molecule has 3 aliphatic rings. The van der Waals surface area contributed by atoms with Gasteiger partial charge in [-0.3, -0.25) is 9.59 Å². The van der Waals surface area contributed by atoms with Crippen LogP contribution in [-0.2, 0) is 4.79 Å². The molecular formula is C22H30N2O3. The topological polar surface area (TPSA) is 49.9 Å². The minimum Gasteiger partial charge on any atom is -0.491 e. The van der Waals surface area contributed by atoms with Crippen LogP contribution in [0.15, 0.2) is 24.3 Å². The van der Waals surface area contributed by atoms with Gasteiger partial charge >= 0.3 is 0 Å². The van der Waals surface area contributed by atoms with Crippen LogP contribution in [0.4, 0.5) is 0 Å². The molecule has 1 aromatic rings. The summed E-state index contributed by atoms with van der Waals surface area (Å²) in [4.78, 5) is 29.1. The number of carbonyl (C=O) groups excluding carboxylic acids is 2. The van der Waals surface area contributed by atoms with E-state index < -0.39 is 0 Å². The quantitative estimate of drug-likeness (QED) is 0.797. The number of benzene rings is 1. The van der Waals surface area contributed by atoms with Gasteiger partial charge in [-0.1, -0.05) is 12.8 Å². The Morgan fingerprint density at radius 2 is 1.59 bits per heavy atom. The minimum absolute atomic E-state index is 0.114. The van der Waals surface area contributed by atoms with Gasteiger partial charge in [0.05, 0.1) is 6.04 Å². The summed E-state index contributed by atoms with van der Waals surface area (Å²) in [5.41, 5.74) is 0.725. The Hall–Kier alpha value is -2.04. The zero-order chi connectivity index (χ0) is 18.6. The molecule has 5 heteroatoms. The molecule has 1 aliphatic carbocycles. The average molecular weight is 370 g/mol. The zero-order valence-corrected chi connectivity index (χ0v) is 16.1. The highest BCUT2D eigenvalue weighted by atomic mass is 16.5. The van der Waals surface area contributed by atoms with Crippen LogP contribution in [0.3, 0.4) is 0 Å². The Morgan fingerprint density at radius 3 is 2.30 bits per heavy atom. The maximum absolute atomic E-state index is 12.7. The van der Waals surface area contributed by atoms with Gasteiger partial charge in [-0.15, -0.1) is 0 Å². The lowest BCUT2D eigenvalue weighted by Crippen LogP contribution is -2.41. The zero-order valence-electron chi connectivity index (χ0n) is 16.1. The number of carbonyl (C=O) groups is 2. The molecule has 0 spiro atoms. The van der Waals surface area contributed by atoms with E-state index in [-0.39, 0.29) is 17.9 Å². The lowest BCUT2D eigenvalue weighted by molar-refractivity contribution is -0.136. The monoisotopic (exact) mass is 370 g/mol. The van der Waals surface area contributed by atoms with Gasteiger partial charge in [0.25, 0.3) is 5.91 Å². The van der Waals surface area contributed by atoms with Crippen LogP contribution in [0, 0.1) is 5.92 Å². The fourth-order valence-electron chi connectivity index (χ4n) is 4.70. The Labute approximate surface area is 161 Å². The minimum atomic E-state index is 0.114. The molecule has 2 heterocycles. The molecule has 4 rings (SSSR count). The van der Waals surface area contributed by atoms with Gasteiger partial charge in [-0.05, 0) is 62.8 Å². The number of hydrogen-bond acceptors (Lipinski definition) is 3. The van der Waals surface area contributed by atoms with E-state index >= 15 is 0 Å². The van der Waals surface area contributed by atoms with Gasteiger partial charge in [-0.25, -0.2) is 0 Å². The molecule has 0 N–H and O–H groups in total. The maximum Gasteiger partial charge on any atom is 0.253 e. The highest BCUT2D eigenvalue weighted by Gasteiger charge is 2.34. The SMILES string of the molecule is O=C(c1ccc(OC[C@H]2CCCN2C(=O)C2CCCC2)cc1)N1CCCC1. The van der Waals surface area contributed by atoms with E-state index in [1.807, 2.05) is 29.2 Å². The molecule has 1 atom stereocenters. The fraction of sp³-hybridized carbons (Fsp3) is 0.636. The van der Waals surface area contributed by atoms with E-state index in [1.165, 1.54) is 12.8 Å². The summed E-state index contributed by atoms with van der Waals surface area (Å²) in [6.45, 7) is 3.14. The third-order valence-corrected chi connectivity index (χ3v) is 6.30. The number of rotatable bonds is 5. The largest absolute Gasteiger partial charge is 0.491 e. The van der Waals surface area contributed by atoms with Crippen LogP contribution in [0.2, 0.25) is 0 Å². The second kappa shape index (κ2) is 8.32. The van der Waals surface area contributed by atoms with Crippen LogP contribution in [0.1, 0.15) is 61.7 Å². The second-order valence-electron chi connectivity index (χ2n) is 8.14. The van der Waals surface area contributed by atoms with Gasteiger partial charge in [0.15, 0.2) is 0 Å². The lowest BCUT2D eigenvalue weighted by Gasteiger charge is -2.27. The maximum atomic E-state index is 12.7. The fourth-order valence-corrected chi connectivity index (χ4v) is 4.70. The Kier molecular flexibility index (Phi) is 5.65. The number of amides is 2. The van der Waals surface area contributed by atoms with Crippen molar-refractivity contribution in [3.63, 3.8) is 0 Å². The molecule has 146 valence electrons. The molecule has 1 saturated carbocycles. The van der Waals surface area contributed by atoms with Crippen LogP contribution < -0.4 is 4.74 Å². The van der Waals surface area contributed by atoms with E-state index in [1.54, 1.807) is 0 Å². The van der Waals surface area contributed by atoms with Crippen molar-refractivity contribution in [2.45, 2.75) is 57.4 Å². The van der Waals surface area contributed by atoms with Crippen LogP contribution in [0.25, 0.3) is 0 Å². The molecule has 5 nitrogen and oxygen atoms in total.